The smallest absolute Gasteiger partial charge is 0.122 e. The average Bonchev–Trinajstić information content (AvgIpc) is 2.07. The molecule has 1 aromatic rings. The van der Waals surface area contributed by atoms with Crippen LogP contribution in [0.5, 0.6) is 5.75 Å². The molecule has 0 amide bonds. The van der Waals surface area contributed by atoms with Crippen LogP contribution in [-0.4, -0.2) is 5.11 Å². The lowest BCUT2D eigenvalue weighted by molar-refractivity contribution is 0.454. The van der Waals surface area contributed by atoms with Crippen LogP contribution in [0.2, 0.25) is 0 Å². The van der Waals surface area contributed by atoms with Crippen LogP contribution in [0.3, 0.4) is 0 Å². The third-order valence-corrected chi connectivity index (χ3v) is 2.84. The molecule has 0 fully saturated rings. The fourth-order valence-corrected chi connectivity index (χ4v) is 2.02. The monoisotopic (exact) mass is 256 g/mol. The Labute approximate surface area is 94.3 Å². The van der Waals surface area contributed by atoms with E-state index in [1.165, 1.54) is 0 Å². The fraction of sp³-hybridized carbons (Fsp3) is 0.500. The molecule has 0 bridgehead atoms. The molecule has 0 aliphatic heterocycles. The average molecular weight is 257 g/mol. The highest BCUT2D eigenvalue weighted by atomic mass is 79.9. The molecule has 0 aliphatic carbocycles. The molecule has 0 unspecified atom stereocenters. The summed E-state index contributed by atoms with van der Waals surface area (Å²) in [5.41, 5.74) is 2.03. The van der Waals surface area contributed by atoms with E-state index in [0.717, 1.165) is 15.6 Å². The van der Waals surface area contributed by atoms with Crippen LogP contribution < -0.4 is 0 Å². The van der Waals surface area contributed by atoms with Crippen LogP contribution in [0.25, 0.3) is 0 Å². The van der Waals surface area contributed by atoms with Crippen molar-refractivity contribution in [3.63, 3.8) is 0 Å². The number of rotatable bonds is 2. The van der Waals surface area contributed by atoms with Crippen molar-refractivity contribution in [2.75, 3.05) is 0 Å². The topological polar surface area (TPSA) is 20.2 Å². The van der Waals surface area contributed by atoms with Crippen molar-refractivity contribution in [1.29, 1.82) is 0 Å². The maximum absolute atomic E-state index is 10.0. The van der Waals surface area contributed by atoms with E-state index in [0.29, 0.717) is 17.6 Å². The summed E-state index contributed by atoms with van der Waals surface area (Å²) in [6.07, 6.45) is 0. The van der Waals surface area contributed by atoms with E-state index < -0.39 is 0 Å². The molecule has 1 N–H and O–H groups in total. The molecular formula is C12H17BrO. The van der Waals surface area contributed by atoms with Crippen molar-refractivity contribution < 1.29 is 5.11 Å². The Kier molecular flexibility index (Phi) is 3.59. The minimum atomic E-state index is 0.352. The van der Waals surface area contributed by atoms with Crippen molar-refractivity contribution in [3.8, 4) is 5.75 Å². The van der Waals surface area contributed by atoms with Crippen LogP contribution in [0.1, 0.15) is 50.7 Å². The van der Waals surface area contributed by atoms with Crippen LogP contribution in [0.4, 0.5) is 0 Å². The number of phenols is 1. The van der Waals surface area contributed by atoms with Gasteiger partial charge in [-0.1, -0.05) is 43.6 Å². The van der Waals surface area contributed by atoms with E-state index >= 15 is 0 Å². The summed E-state index contributed by atoms with van der Waals surface area (Å²) in [5.74, 6) is 1.16. The zero-order valence-electron chi connectivity index (χ0n) is 9.13. The van der Waals surface area contributed by atoms with Crippen molar-refractivity contribution in [2.24, 2.45) is 0 Å². The van der Waals surface area contributed by atoms with E-state index in [4.69, 9.17) is 0 Å². The molecule has 78 valence electrons. The van der Waals surface area contributed by atoms with Crippen LogP contribution >= 0.6 is 15.9 Å². The summed E-state index contributed by atoms with van der Waals surface area (Å²) in [7, 11) is 0. The van der Waals surface area contributed by atoms with Crippen molar-refractivity contribution in [3.05, 3.63) is 27.7 Å². The Bertz CT molecular complexity index is 300. The maximum atomic E-state index is 10.0. The Morgan fingerprint density at radius 1 is 1.00 bits per heavy atom. The number of aromatic hydroxyl groups is 1. The Morgan fingerprint density at radius 2 is 1.36 bits per heavy atom. The molecular weight excluding hydrogens is 240 g/mol. The summed E-state index contributed by atoms with van der Waals surface area (Å²) in [6, 6.07) is 3.98. The van der Waals surface area contributed by atoms with Gasteiger partial charge < -0.3 is 5.11 Å². The van der Waals surface area contributed by atoms with Gasteiger partial charge in [-0.15, -0.1) is 0 Å². The largest absolute Gasteiger partial charge is 0.507 e. The molecule has 2 heteroatoms. The quantitative estimate of drug-likeness (QED) is 0.832. The summed E-state index contributed by atoms with van der Waals surface area (Å²) in [5, 5.41) is 10.0. The minimum Gasteiger partial charge on any atom is -0.507 e. The zero-order chi connectivity index (χ0) is 10.9. The Hall–Kier alpha value is -0.500. The SMILES string of the molecule is CC(C)c1cc(Br)cc(C(C)C)c1O. The molecule has 0 saturated heterocycles. The normalized spacial score (nSPS) is 11.4. The summed E-state index contributed by atoms with van der Waals surface area (Å²) in [6.45, 7) is 8.36. The van der Waals surface area contributed by atoms with Crippen molar-refractivity contribution in [1.82, 2.24) is 0 Å². The van der Waals surface area contributed by atoms with Gasteiger partial charge in [0.2, 0.25) is 0 Å². The van der Waals surface area contributed by atoms with E-state index in [2.05, 4.69) is 43.6 Å². The maximum Gasteiger partial charge on any atom is 0.122 e. The molecule has 0 radical (unpaired) electrons. The second kappa shape index (κ2) is 4.35. The first-order valence-corrected chi connectivity index (χ1v) is 5.75. The highest BCUT2D eigenvalue weighted by Crippen LogP contribution is 2.36. The Balaban J connectivity index is 3.32. The number of benzene rings is 1. The lowest BCUT2D eigenvalue weighted by Gasteiger charge is -2.15. The molecule has 14 heavy (non-hydrogen) atoms. The Morgan fingerprint density at radius 3 is 1.64 bits per heavy atom. The molecule has 0 atom stereocenters. The van der Waals surface area contributed by atoms with Gasteiger partial charge in [0.25, 0.3) is 0 Å². The van der Waals surface area contributed by atoms with E-state index in [-0.39, 0.29) is 0 Å². The van der Waals surface area contributed by atoms with Gasteiger partial charge in [0, 0.05) is 4.47 Å². The predicted octanol–water partition coefficient (Wildman–Crippen LogP) is 4.40. The van der Waals surface area contributed by atoms with Gasteiger partial charge in [0.1, 0.15) is 5.75 Å². The van der Waals surface area contributed by atoms with Gasteiger partial charge in [0.05, 0.1) is 0 Å². The second-order valence-corrected chi connectivity index (χ2v) is 5.16. The molecule has 0 aromatic heterocycles. The van der Waals surface area contributed by atoms with Gasteiger partial charge in [-0.05, 0) is 35.1 Å². The molecule has 0 spiro atoms. The van der Waals surface area contributed by atoms with Gasteiger partial charge in [0.15, 0.2) is 0 Å². The van der Waals surface area contributed by atoms with Crippen LogP contribution in [-0.2, 0) is 0 Å². The minimum absolute atomic E-state index is 0.352. The number of hydrogen-bond acceptors (Lipinski definition) is 1. The zero-order valence-corrected chi connectivity index (χ0v) is 10.7. The van der Waals surface area contributed by atoms with Gasteiger partial charge in [-0.3, -0.25) is 0 Å². The highest BCUT2D eigenvalue weighted by Gasteiger charge is 2.13. The lowest BCUT2D eigenvalue weighted by atomic mass is 9.94. The summed E-state index contributed by atoms with van der Waals surface area (Å²) in [4.78, 5) is 0. The number of halogens is 1. The third-order valence-electron chi connectivity index (χ3n) is 2.38. The van der Waals surface area contributed by atoms with Gasteiger partial charge >= 0.3 is 0 Å². The van der Waals surface area contributed by atoms with Crippen molar-refractivity contribution in [2.45, 2.75) is 39.5 Å². The second-order valence-electron chi connectivity index (χ2n) is 4.24. The molecule has 0 heterocycles. The van der Waals surface area contributed by atoms with E-state index in [1.807, 2.05) is 12.1 Å². The molecule has 0 saturated carbocycles. The first kappa shape index (κ1) is 11.6. The molecule has 1 aromatic carbocycles. The third kappa shape index (κ3) is 2.30. The lowest BCUT2D eigenvalue weighted by Crippen LogP contribution is -1.95. The number of phenolic OH excluding ortho intramolecular Hbond substituents is 1. The standard InChI is InChI=1S/C12H17BrO/c1-7(2)10-5-9(13)6-11(8(3)4)12(10)14/h5-8,14H,1-4H3. The molecule has 1 nitrogen and oxygen atoms in total. The summed E-state index contributed by atoms with van der Waals surface area (Å²) >= 11 is 3.47. The highest BCUT2D eigenvalue weighted by molar-refractivity contribution is 9.10. The fourth-order valence-electron chi connectivity index (χ4n) is 1.52. The van der Waals surface area contributed by atoms with Crippen molar-refractivity contribution >= 4 is 15.9 Å². The molecule has 1 rings (SSSR count). The van der Waals surface area contributed by atoms with Crippen LogP contribution in [0, 0.1) is 0 Å². The van der Waals surface area contributed by atoms with E-state index in [1.54, 1.807) is 0 Å². The predicted molar refractivity (Wildman–Crippen MR) is 64.0 cm³/mol. The van der Waals surface area contributed by atoms with E-state index in [9.17, 15) is 5.11 Å². The van der Waals surface area contributed by atoms with Crippen LogP contribution in [0.15, 0.2) is 16.6 Å². The molecule has 0 aliphatic rings. The van der Waals surface area contributed by atoms with Gasteiger partial charge in [-0.2, -0.15) is 0 Å². The number of hydrogen-bond donors (Lipinski definition) is 1. The first-order valence-electron chi connectivity index (χ1n) is 4.95. The van der Waals surface area contributed by atoms with Gasteiger partial charge in [-0.25, -0.2) is 0 Å². The summed E-state index contributed by atoms with van der Waals surface area (Å²) < 4.78 is 1.04. The first-order chi connectivity index (χ1) is 6.43.